The highest BCUT2D eigenvalue weighted by Crippen LogP contribution is 2.18. The van der Waals surface area contributed by atoms with Crippen molar-refractivity contribution in [3.63, 3.8) is 0 Å². The minimum atomic E-state index is -0.185. The highest BCUT2D eigenvalue weighted by Gasteiger charge is 2.13. The molecule has 0 unspecified atom stereocenters. The number of benzene rings is 1. The number of aryl methyl sites for hydroxylation is 2. The zero-order valence-electron chi connectivity index (χ0n) is 12.5. The molecule has 0 saturated carbocycles. The Morgan fingerprint density at radius 2 is 1.86 bits per heavy atom. The molecule has 0 saturated heterocycles. The van der Waals surface area contributed by atoms with Gasteiger partial charge in [-0.2, -0.15) is 0 Å². The molecule has 6 nitrogen and oxygen atoms in total. The van der Waals surface area contributed by atoms with Crippen molar-refractivity contribution in [1.82, 2.24) is 19.1 Å². The zero-order valence-corrected chi connectivity index (χ0v) is 13.3. The lowest BCUT2D eigenvalue weighted by Gasteiger charge is -2.08. The number of nitrogens with zero attached hydrogens (tertiary/aromatic N) is 4. The minimum Gasteiger partial charge on any atom is -0.321 e. The number of anilines is 1. The number of hydrogen-bond donors (Lipinski definition) is 1. The van der Waals surface area contributed by atoms with Crippen LogP contribution in [0.5, 0.6) is 0 Å². The summed E-state index contributed by atoms with van der Waals surface area (Å²) in [5, 5.41) is 6.69. The fourth-order valence-corrected chi connectivity index (χ4v) is 2.64. The summed E-state index contributed by atoms with van der Waals surface area (Å²) in [5.41, 5.74) is 4.49. The van der Waals surface area contributed by atoms with E-state index in [2.05, 4.69) is 19.9 Å². The van der Waals surface area contributed by atoms with Gasteiger partial charge in [0.15, 0.2) is 0 Å². The molecule has 0 fully saturated rings. The smallest absolute Gasteiger partial charge is 0.269 e. The third kappa shape index (κ3) is 2.62. The van der Waals surface area contributed by atoms with Crippen molar-refractivity contribution in [2.24, 2.45) is 0 Å². The molecule has 112 valence electrons. The summed E-state index contributed by atoms with van der Waals surface area (Å²) in [4.78, 5) is 16.9. The van der Waals surface area contributed by atoms with Crippen LogP contribution in [0, 0.1) is 20.8 Å². The van der Waals surface area contributed by atoms with Crippen LogP contribution in [-0.2, 0) is 0 Å². The van der Waals surface area contributed by atoms with E-state index in [-0.39, 0.29) is 5.91 Å². The minimum absolute atomic E-state index is 0.185. The molecule has 2 heterocycles. The first kappa shape index (κ1) is 14.4. The van der Waals surface area contributed by atoms with Gasteiger partial charge in [0, 0.05) is 17.1 Å². The quantitative estimate of drug-likeness (QED) is 0.807. The van der Waals surface area contributed by atoms with Gasteiger partial charge in [0.1, 0.15) is 4.88 Å². The first-order valence-corrected chi connectivity index (χ1v) is 7.55. The Labute approximate surface area is 132 Å². The Morgan fingerprint density at radius 1 is 1.14 bits per heavy atom. The Bertz CT molecular complexity index is 819. The fourth-order valence-electron chi connectivity index (χ4n) is 2.09. The Hall–Kier alpha value is -2.54. The molecule has 1 N–H and O–H groups in total. The molecule has 0 aliphatic rings. The van der Waals surface area contributed by atoms with Gasteiger partial charge in [-0.3, -0.25) is 4.79 Å². The van der Waals surface area contributed by atoms with E-state index in [9.17, 15) is 4.79 Å². The summed E-state index contributed by atoms with van der Waals surface area (Å²) in [6.07, 6.45) is 1.80. The fraction of sp³-hybridized carbons (Fsp3) is 0.200. The molecule has 1 amide bonds. The number of nitrogens with one attached hydrogen (secondary N) is 1. The van der Waals surface area contributed by atoms with Gasteiger partial charge in [0.25, 0.3) is 5.91 Å². The Morgan fingerprint density at radius 3 is 2.41 bits per heavy atom. The van der Waals surface area contributed by atoms with Crippen molar-refractivity contribution in [2.45, 2.75) is 20.8 Å². The average molecular weight is 313 g/mol. The number of carbonyl (C=O) groups excluding carboxylic acids is 1. The zero-order chi connectivity index (χ0) is 15.7. The highest BCUT2D eigenvalue weighted by molar-refractivity contribution is 7.08. The van der Waals surface area contributed by atoms with E-state index in [1.54, 1.807) is 13.3 Å². The van der Waals surface area contributed by atoms with E-state index in [0.29, 0.717) is 10.6 Å². The Kier molecular flexibility index (Phi) is 3.72. The Balaban J connectivity index is 1.79. The van der Waals surface area contributed by atoms with Crippen molar-refractivity contribution in [3.8, 4) is 5.69 Å². The molecule has 3 rings (SSSR count). The largest absolute Gasteiger partial charge is 0.321 e. The lowest BCUT2D eigenvalue weighted by atomic mass is 10.2. The normalized spacial score (nSPS) is 10.7. The van der Waals surface area contributed by atoms with Gasteiger partial charge >= 0.3 is 0 Å². The first-order valence-electron chi connectivity index (χ1n) is 6.77. The lowest BCUT2D eigenvalue weighted by molar-refractivity contribution is 0.103. The van der Waals surface area contributed by atoms with Gasteiger partial charge in [0.2, 0.25) is 0 Å². The van der Waals surface area contributed by atoms with Crippen LogP contribution in [0.3, 0.4) is 0 Å². The van der Waals surface area contributed by atoms with Crippen molar-refractivity contribution in [1.29, 1.82) is 0 Å². The number of hydrogen-bond acceptors (Lipinski definition) is 5. The molecule has 3 aromatic rings. The summed E-state index contributed by atoms with van der Waals surface area (Å²) in [7, 11) is 0. The number of amides is 1. The molecule has 0 atom stereocenters. The van der Waals surface area contributed by atoms with Crippen molar-refractivity contribution < 1.29 is 4.79 Å². The molecule has 0 aliphatic carbocycles. The van der Waals surface area contributed by atoms with E-state index in [1.807, 2.05) is 42.7 Å². The van der Waals surface area contributed by atoms with Crippen molar-refractivity contribution >= 4 is 23.1 Å². The van der Waals surface area contributed by atoms with Crippen LogP contribution in [-0.4, -0.2) is 25.0 Å². The SMILES string of the molecule is Cc1nnsc1C(=O)Nc1ccc(-n2cnc(C)c2C)cc1. The maximum absolute atomic E-state index is 12.1. The molecular weight excluding hydrogens is 298 g/mol. The van der Waals surface area contributed by atoms with Crippen molar-refractivity contribution in [2.75, 3.05) is 5.32 Å². The van der Waals surface area contributed by atoms with Crippen LogP contribution in [0.4, 0.5) is 5.69 Å². The van der Waals surface area contributed by atoms with Gasteiger partial charge in [-0.1, -0.05) is 4.49 Å². The van der Waals surface area contributed by atoms with Gasteiger partial charge in [-0.25, -0.2) is 4.98 Å². The number of aromatic nitrogens is 4. The summed E-state index contributed by atoms with van der Waals surface area (Å²) >= 11 is 1.10. The van der Waals surface area contributed by atoms with Crippen LogP contribution in [0.2, 0.25) is 0 Å². The van der Waals surface area contributed by atoms with E-state index in [4.69, 9.17) is 0 Å². The van der Waals surface area contributed by atoms with Crippen LogP contribution in [0.25, 0.3) is 5.69 Å². The van der Waals surface area contributed by atoms with Gasteiger partial charge in [-0.15, -0.1) is 5.10 Å². The topological polar surface area (TPSA) is 72.7 Å². The van der Waals surface area contributed by atoms with Crippen LogP contribution < -0.4 is 5.32 Å². The second kappa shape index (κ2) is 5.69. The number of carbonyl (C=O) groups is 1. The molecule has 0 radical (unpaired) electrons. The lowest BCUT2D eigenvalue weighted by Crippen LogP contribution is -2.11. The van der Waals surface area contributed by atoms with Crippen LogP contribution in [0.15, 0.2) is 30.6 Å². The summed E-state index contributed by atoms with van der Waals surface area (Å²) in [5.74, 6) is -0.185. The standard InChI is InChI=1S/C15H15N5OS/c1-9-11(3)20(8-16-9)13-6-4-12(5-7-13)17-15(21)14-10(2)18-19-22-14/h4-8H,1-3H3,(H,17,21). The molecule has 7 heteroatoms. The molecule has 1 aromatic carbocycles. The molecule has 0 aliphatic heterocycles. The van der Waals surface area contributed by atoms with Gasteiger partial charge in [-0.05, 0) is 56.6 Å². The molecule has 0 bridgehead atoms. The second-order valence-electron chi connectivity index (χ2n) is 4.97. The van der Waals surface area contributed by atoms with E-state index in [0.717, 1.165) is 34.3 Å². The van der Waals surface area contributed by atoms with Crippen molar-refractivity contribution in [3.05, 3.63) is 52.6 Å². The predicted octanol–water partition coefficient (Wildman–Crippen LogP) is 2.90. The summed E-state index contributed by atoms with van der Waals surface area (Å²) in [6.45, 7) is 5.77. The van der Waals surface area contributed by atoms with Crippen LogP contribution >= 0.6 is 11.5 Å². The van der Waals surface area contributed by atoms with E-state index in [1.165, 1.54) is 0 Å². The second-order valence-corrected chi connectivity index (χ2v) is 5.73. The van der Waals surface area contributed by atoms with E-state index >= 15 is 0 Å². The highest BCUT2D eigenvalue weighted by atomic mass is 32.1. The first-order chi connectivity index (χ1) is 10.6. The summed E-state index contributed by atoms with van der Waals surface area (Å²) < 4.78 is 5.78. The third-order valence-electron chi connectivity index (χ3n) is 3.51. The summed E-state index contributed by atoms with van der Waals surface area (Å²) in [6, 6.07) is 7.63. The molecule has 0 spiro atoms. The predicted molar refractivity (Wildman–Crippen MR) is 85.6 cm³/mol. The van der Waals surface area contributed by atoms with Gasteiger partial charge < -0.3 is 9.88 Å². The maximum atomic E-state index is 12.1. The number of imidazole rings is 1. The molecule has 2 aromatic heterocycles. The maximum Gasteiger partial charge on any atom is 0.269 e. The van der Waals surface area contributed by atoms with E-state index < -0.39 is 0 Å². The number of rotatable bonds is 3. The van der Waals surface area contributed by atoms with Crippen LogP contribution in [0.1, 0.15) is 26.8 Å². The monoisotopic (exact) mass is 313 g/mol. The third-order valence-corrected chi connectivity index (χ3v) is 4.34. The molecular formula is C15H15N5OS. The average Bonchev–Trinajstić information content (AvgIpc) is 3.07. The van der Waals surface area contributed by atoms with Gasteiger partial charge in [0.05, 0.1) is 17.7 Å². The molecule has 22 heavy (non-hydrogen) atoms.